The van der Waals surface area contributed by atoms with Crippen molar-refractivity contribution in [3.63, 3.8) is 0 Å². The fraction of sp³-hybridized carbons (Fsp3) is 0.438. The van der Waals surface area contributed by atoms with Crippen LogP contribution in [-0.4, -0.2) is 40.4 Å². The lowest BCUT2D eigenvalue weighted by atomic mass is 10.0. The fourth-order valence-corrected chi connectivity index (χ4v) is 1.84. The number of Topliss-reactive ketones (excluding diaryl/α,β-unsaturated/α-hetero) is 1. The number of ketones is 1. The summed E-state index contributed by atoms with van der Waals surface area (Å²) >= 11 is 0. The van der Waals surface area contributed by atoms with Crippen LogP contribution in [0.4, 0.5) is 4.79 Å². The molecule has 1 rings (SSSR count). The van der Waals surface area contributed by atoms with Crippen molar-refractivity contribution in [2.45, 2.75) is 38.8 Å². The maximum atomic E-state index is 11.6. The van der Waals surface area contributed by atoms with Crippen LogP contribution in [0.3, 0.4) is 0 Å². The van der Waals surface area contributed by atoms with E-state index >= 15 is 0 Å². The Morgan fingerprint density at radius 3 is 2.30 bits per heavy atom. The quantitative estimate of drug-likeness (QED) is 0.381. The van der Waals surface area contributed by atoms with Crippen LogP contribution in [-0.2, 0) is 16.0 Å². The molecule has 0 aliphatic rings. The average molecular weight is 323 g/mol. The summed E-state index contributed by atoms with van der Waals surface area (Å²) in [7, 11) is 0. The SMILES string of the molecule is CCCCOC(=O)NC(O)(Cc1ccc(C(C)=O)cc1)C(=O)O. The molecule has 1 unspecified atom stereocenters. The van der Waals surface area contributed by atoms with Gasteiger partial charge in [0.15, 0.2) is 5.78 Å². The van der Waals surface area contributed by atoms with Gasteiger partial charge in [-0.05, 0) is 18.9 Å². The zero-order valence-electron chi connectivity index (χ0n) is 13.2. The monoisotopic (exact) mass is 323 g/mol. The van der Waals surface area contributed by atoms with Crippen LogP contribution in [0.1, 0.15) is 42.6 Å². The zero-order chi connectivity index (χ0) is 17.5. The predicted molar refractivity (Wildman–Crippen MR) is 82.1 cm³/mol. The van der Waals surface area contributed by atoms with Crippen molar-refractivity contribution in [3.05, 3.63) is 35.4 Å². The van der Waals surface area contributed by atoms with Gasteiger partial charge in [-0.3, -0.25) is 10.1 Å². The molecule has 1 amide bonds. The summed E-state index contributed by atoms with van der Waals surface area (Å²) in [5.74, 6) is -1.72. The van der Waals surface area contributed by atoms with Gasteiger partial charge in [-0.15, -0.1) is 0 Å². The Kier molecular flexibility index (Phi) is 6.71. The van der Waals surface area contributed by atoms with E-state index in [-0.39, 0.29) is 18.8 Å². The number of carboxylic acids is 1. The van der Waals surface area contributed by atoms with Gasteiger partial charge in [0.05, 0.1) is 6.61 Å². The lowest BCUT2D eigenvalue weighted by Gasteiger charge is -2.24. The van der Waals surface area contributed by atoms with E-state index in [1.807, 2.05) is 12.2 Å². The van der Waals surface area contributed by atoms with Crippen LogP contribution < -0.4 is 5.32 Å². The Morgan fingerprint density at radius 2 is 1.83 bits per heavy atom. The number of alkyl carbamates (subject to hydrolysis) is 1. The summed E-state index contributed by atoms with van der Waals surface area (Å²) in [6, 6.07) is 6.10. The first kappa shape index (κ1) is 18.6. The number of hydrogen-bond acceptors (Lipinski definition) is 5. The molecule has 1 atom stereocenters. The highest BCUT2D eigenvalue weighted by atomic mass is 16.6. The van der Waals surface area contributed by atoms with Crippen molar-refractivity contribution in [2.24, 2.45) is 0 Å². The Bertz CT molecular complexity index is 568. The van der Waals surface area contributed by atoms with E-state index in [1.165, 1.54) is 31.2 Å². The molecule has 0 aliphatic carbocycles. The van der Waals surface area contributed by atoms with E-state index in [4.69, 9.17) is 4.74 Å². The molecule has 0 saturated heterocycles. The van der Waals surface area contributed by atoms with Crippen LogP contribution in [0.5, 0.6) is 0 Å². The maximum absolute atomic E-state index is 11.6. The Labute approximate surface area is 134 Å². The molecular weight excluding hydrogens is 302 g/mol. The molecule has 0 spiro atoms. The molecule has 0 fully saturated rings. The van der Waals surface area contributed by atoms with Crippen LogP contribution in [0.2, 0.25) is 0 Å². The first-order chi connectivity index (χ1) is 10.8. The maximum Gasteiger partial charge on any atom is 0.409 e. The number of carbonyl (C=O) groups is 3. The number of ether oxygens (including phenoxy) is 1. The van der Waals surface area contributed by atoms with E-state index in [9.17, 15) is 24.6 Å². The molecule has 3 N–H and O–H groups in total. The molecule has 1 aromatic carbocycles. The van der Waals surface area contributed by atoms with E-state index in [0.29, 0.717) is 17.5 Å². The number of unbranched alkanes of at least 4 members (excludes halogenated alkanes) is 1. The number of nitrogens with one attached hydrogen (secondary N) is 1. The summed E-state index contributed by atoms with van der Waals surface area (Å²) < 4.78 is 4.80. The number of amides is 1. The summed E-state index contributed by atoms with van der Waals surface area (Å²) in [5, 5.41) is 21.3. The van der Waals surface area contributed by atoms with E-state index in [1.54, 1.807) is 0 Å². The van der Waals surface area contributed by atoms with E-state index in [2.05, 4.69) is 0 Å². The molecular formula is C16H21NO6. The molecule has 23 heavy (non-hydrogen) atoms. The molecule has 0 bridgehead atoms. The van der Waals surface area contributed by atoms with Crippen molar-refractivity contribution in [1.29, 1.82) is 0 Å². The van der Waals surface area contributed by atoms with Gasteiger partial charge in [-0.1, -0.05) is 37.6 Å². The van der Waals surface area contributed by atoms with Crippen LogP contribution in [0, 0.1) is 0 Å². The second-order valence-electron chi connectivity index (χ2n) is 5.21. The lowest BCUT2D eigenvalue weighted by molar-refractivity contribution is -0.161. The van der Waals surface area contributed by atoms with Crippen molar-refractivity contribution < 1.29 is 29.3 Å². The van der Waals surface area contributed by atoms with Gasteiger partial charge in [0.25, 0.3) is 0 Å². The summed E-state index contributed by atoms with van der Waals surface area (Å²) in [4.78, 5) is 34.1. The summed E-state index contributed by atoms with van der Waals surface area (Å²) in [6.07, 6.45) is 0.108. The van der Waals surface area contributed by atoms with Crippen molar-refractivity contribution in [2.75, 3.05) is 6.61 Å². The van der Waals surface area contributed by atoms with Crippen LogP contribution >= 0.6 is 0 Å². The highest BCUT2D eigenvalue weighted by Crippen LogP contribution is 2.14. The van der Waals surface area contributed by atoms with Gasteiger partial charge >= 0.3 is 12.1 Å². The number of carbonyl (C=O) groups excluding carboxylic acids is 2. The van der Waals surface area contributed by atoms with Gasteiger partial charge in [-0.2, -0.15) is 0 Å². The minimum absolute atomic E-state index is 0.123. The number of benzene rings is 1. The molecule has 0 heterocycles. The minimum Gasteiger partial charge on any atom is -0.478 e. The number of aliphatic carboxylic acids is 1. The van der Waals surface area contributed by atoms with Crippen LogP contribution in [0.15, 0.2) is 24.3 Å². The number of rotatable bonds is 8. The number of carboxylic acid groups (broad SMARTS) is 1. The largest absolute Gasteiger partial charge is 0.478 e. The zero-order valence-corrected chi connectivity index (χ0v) is 13.2. The van der Waals surface area contributed by atoms with Crippen molar-refractivity contribution in [1.82, 2.24) is 5.32 Å². The third-order valence-corrected chi connectivity index (χ3v) is 3.21. The number of aliphatic hydroxyl groups is 1. The lowest BCUT2D eigenvalue weighted by Crippen LogP contribution is -2.56. The average Bonchev–Trinajstić information content (AvgIpc) is 2.47. The summed E-state index contributed by atoms with van der Waals surface area (Å²) in [6.45, 7) is 3.47. The molecule has 0 saturated carbocycles. The molecule has 7 heteroatoms. The highest BCUT2D eigenvalue weighted by molar-refractivity contribution is 5.94. The Morgan fingerprint density at radius 1 is 1.22 bits per heavy atom. The Balaban J connectivity index is 2.78. The summed E-state index contributed by atoms with van der Waals surface area (Å²) in [5.41, 5.74) is -1.56. The highest BCUT2D eigenvalue weighted by Gasteiger charge is 2.38. The van der Waals surface area contributed by atoms with Gasteiger partial charge < -0.3 is 14.9 Å². The third kappa shape index (κ3) is 5.71. The predicted octanol–water partition coefficient (Wildman–Crippen LogP) is 1.73. The van der Waals surface area contributed by atoms with E-state index in [0.717, 1.165) is 6.42 Å². The molecule has 0 aromatic heterocycles. The number of hydrogen-bond donors (Lipinski definition) is 3. The molecule has 1 aromatic rings. The first-order valence-electron chi connectivity index (χ1n) is 7.29. The van der Waals surface area contributed by atoms with Crippen LogP contribution in [0.25, 0.3) is 0 Å². The van der Waals surface area contributed by atoms with E-state index < -0.39 is 17.8 Å². The second-order valence-corrected chi connectivity index (χ2v) is 5.21. The topological polar surface area (TPSA) is 113 Å². The molecule has 0 aliphatic heterocycles. The standard InChI is InChI=1S/C16H21NO6/c1-3-4-9-23-15(21)17-16(22,14(19)20)10-12-5-7-13(8-6-12)11(2)18/h5-8,22H,3-4,9-10H2,1-2H3,(H,17,21)(H,19,20). The van der Waals surface area contributed by atoms with Gasteiger partial charge in [0.2, 0.25) is 5.72 Å². The second kappa shape index (κ2) is 8.28. The van der Waals surface area contributed by atoms with Gasteiger partial charge in [0.1, 0.15) is 0 Å². The first-order valence-corrected chi connectivity index (χ1v) is 7.29. The van der Waals surface area contributed by atoms with Crippen molar-refractivity contribution in [3.8, 4) is 0 Å². The Hall–Kier alpha value is -2.41. The van der Waals surface area contributed by atoms with Gasteiger partial charge in [0, 0.05) is 12.0 Å². The molecule has 126 valence electrons. The normalized spacial score (nSPS) is 13.0. The van der Waals surface area contributed by atoms with Gasteiger partial charge in [-0.25, -0.2) is 9.59 Å². The minimum atomic E-state index is -2.49. The fourth-order valence-electron chi connectivity index (χ4n) is 1.84. The van der Waals surface area contributed by atoms with Crippen molar-refractivity contribution >= 4 is 17.8 Å². The molecule has 7 nitrogen and oxygen atoms in total. The smallest absolute Gasteiger partial charge is 0.409 e. The molecule has 0 radical (unpaired) electrons. The third-order valence-electron chi connectivity index (χ3n) is 3.21.